The van der Waals surface area contributed by atoms with Crippen LogP contribution in [0.25, 0.3) is 0 Å². The van der Waals surface area contributed by atoms with Crippen molar-refractivity contribution in [1.29, 1.82) is 0 Å². The summed E-state index contributed by atoms with van der Waals surface area (Å²) in [4.78, 5) is 0. The van der Waals surface area contributed by atoms with Crippen molar-refractivity contribution in [1.82, 2.24) is 6.15 Å². The van der Waals surface area contributed by atoms with Gasteiger partial charge < -0.3 is 10.9 Å². The summed E-state index contributed by atoms with van der Waals surface area (Å²) in [7, 11) is 0. The van der Waals surface area contributed by atoms with Crippen LogP contribution in [0.15, 0.2) is 24.3 Å². The van der Waals surface area contributed by atoms with Gasteiger partial charge in [0.05, 0.1) is 0 Å². The smallest absolute Gasteiger partial charge is 0.387 e. The van der Waals surface area contributed by atoms with Gasteiger partial charge in [-0.05, 0) is 17.7 Å². The van der Waals surface area contributed by atoms with Crippen LogP contribution in [-0.4, -0.2) is 13.0 Å². The van der Waals surface area contributed by atoms with Crippen molar-refractivity contribution in [2.24, 2.45) is 0 Å². The van der Waals surface area contributed by atoms with Crippen LogP contribution in [0.2, 0.25) is 0 Å². The molecule has 1 atom stereocenters. The first kappa shape index (κ1) is 18.3. The topological polar surface area (TPSA) is 44.2 Å². The van der Waals surface area contributed by atoms with Gasteiger partial charge in [0.25, 0.3) is 6.43 Å². The molecule has 0 unspecified atom stereocenters. The van der Waals surface area contributed by atoms with Crippen molar-refractivity contribution in [3.63, 3.8) is 0 Å². The maximum Gasteiger partial charge on any atom is 0.387 e. The molecule has 0 radical (unpaired) electrons. The molecule has 3 N–H and O–H groups in total. The Kier molecular flexibility index (Phi) is 8.69. The molecule has 0 spiro atoms. The summed E-state index contributed by atoms with van der Waals surface area (Å²) >= 11 is 0. The van der Waals surface area contributed by atoms with Gasteiger partial charge >= 0.3 is 6.61 Å². The van der Waals surface area contributed by atoms with Crippen molar-refractivity contribution in [2.45, 2.75) is 19.2 Å². The fourth-order valence-corrected chi connectivity index (χ4v) is 0.979. The number of alkyl halides is 5. The molecule has 0 bridgehead atoms. The summed E-state index contributed by atoms with van der Waals surface area (Å²) in [5.74, 6) is -0.199. The van der Waals surface area contributed by atoms with Gasteiger partial charge in [-0.15, -0.1) is 12.4 Å². The Labute approximate surface area is 101 Å². The Morgan fingerprint density at radius 3 is 1.71 bits per heavy atom. The van der Waals surface area contributed by atoms with Gasteiger partial charge in [-0.25, -0.2) is 13.2 Å². The molecule has 2 nitrogen and oxygen atoms in total. The average molecular weight is 280 g/mol. The van der Waals surface area contributed by atoms with Crippen LogP contribution >= 0.6 is 12.4 Å². The number of hydrogen-bond acceptors (Lipinski definition) is 2. The molecule has 0 heterocycles. The van der Waals surface area contributed by atoms with Gasteiger partial charge in [0.15, 0.2) is 6.17 Å². The van der Waals surface area contributed by atoms with Crippen LogP contribution < -0.4 is 10.9 Å². The molecule has 0 saturated heterocycles. The standard InChI is InChI=1S/C9H7F5O.ClH.H3N/c10-7(8(11)12)5-1-3-6(4-2-5)15-9(13)14;;/h1-4,7-9H;1H;1H3/t7-;;/m1../s1. The van der Waals surface area contributed by atoms with Gasteiger partial charge in [0.1, 0.15) is 5.75 Å². The number of ether oxygens (including phenoxy) is 1. The summed E-state index contributed by atoms with van der Waals surface area (Å²) in [6.45, 7) is -2.99. The van der Waals surface area contributed by atoms with Gasteiger partial charge in [0, 0.05) is 0 Å². The minimum Gasteiger partial charge on any atom is -0.435 e. The third-order valence-electron chi connectivity index (χ3n) is 1.64. The highest BCUT2D eigenvalue weighted by Gasteiger charge is 2.21. The third-order valence-corrected chi connectivity index (χ3v) is 1.64. The second kappa shape index (κ2) is 8.08. The van der Waals surface area contributed by atoms with E-state index in [1.807, 2.05) is 0 Å². The van der Waals surface area contributed by atoms with E-state index < -0.39 is 19.2 Å². The molecule has 17 heavy (non-hydrogen) atoms. The summed E-state index contributed by atoms with van der Waals surface area (Å²) in [6, 6.07) is 3.98. The molecule has 0 fully saturated rings. The fourth-order valence-electron chi connectivity index (χ4n) is 0.979. The SMILES string of the molecule is Cl.FC(F)Oc1ccc([C@@H](F)C(F)F)cc1.N. The molecular formula is C9H11ClF5NO. The van der Waals surface area contributed by atoms with Crippen LogP contribution in [0.5, 0.6) is 5.75 Å². The van der Waals surface area contributed by atoms with Crippen LogP contribution in [0.4, 0.5) is 22.0 Å². The molecule has 8 heteroatoms. The lowest BCUT2D eigenvalue weighted by molar-refractivity contribution is -0.0499. The molecule has 1 aromatic rings. The van der Waals surface area contributed by atoms with E-state index in [-0.39, 0.29) is 29.9 Å². The molecule has 0 aliphatic heterocycles. The van der Waals surface area contributed by atoms with Crippen molar-refractivity contribution >= 4 is 12.4 Å². The van der Waals surface area contributed by atoms with Gasteiger partial charge in [-0.1, -0.05) is 12.1 Å². The van der Waals surface area contributed by atoms with E-state index in [2.05, 4.69) is 4.74 Å². The Hall–Kier alpha value is -1.08. The predicted octanol–water partition coefficient (Wildman–Crippen LogP) is 4.15. The molecule has 1 aromatic carbocycles. The Balaban J connectivity index is 0. The van der Waals surface area contributed by atoms with Gasteiger partial charge in [0.2, 0.25) is 0 Å². The average Bonchev–Trinajstić information content (AvgIpc) is 2.17. The molecule has 100 valence electrons. The minimum absolute atomic E-state index is 0. The maximum absolute atomic E-state index is 12.7. The molecule has 0 aliphatic carbocycles. The molecule has 0 amide bonds. The first-order chi connectivity index (χ1) is 7.00. The Morgan fingerprint density at radius 2 is 1.35 bits per heavy atom. The summed E-state index contributed by atoms with van der Waals surface area (Å²) in [6.07, 6.45) is -5.54. The first-order valence-electron chi connectivity index (χ1n) is 3.97. The monoisotopic (exact) mass is 279 g/mol. The van der Waals surface area contributed by atoms with Crippen LogP contribution in [0, 0.1) is 0 Å². The van der Waals surface area contributed by atoms with E-state index in [4.69, 9.17) is 0 Å². The Bertz CT molecular complexity index is 309. The van der Waals surface area contributed by atoms with Crippen molar-refractivity contribution in [2.75, 3.05) is 0 Å². The second-order valence-electron chi connectivity index (χ2n) is 2.68. The van der Waals surface area contributed by atoms with E-state index in [1.54, 1.807) is 0 Å². The zero-order valence-electron chi connectivity index (χ0n) is 8.45. The van der Waals surface area contributed by atoms with E-state index in [0.29, 0.717) is 0 Å². The van der Waals surface area contributed by atoms with E-state index in [1.165, 1.54) is 0 Å². The molecule has 0 saturated carbocycles. The number of halogens is 6. The molecule has 1 rings (SSSR count). The summed E-state index contributed by atoms with van der Waals surface area (Å²) in [5.41, 5.74) is -0.272. The minimum atomic E-state index is -3.13. The zero-order chi connectivity index (χ0) is 11.4. The van der Waals surface area contributed by atoms with E-state index in [0.717, 1.165) is 24.3 Å². The predicted molar refractivity (Wildman–Crippen MR) is 55.2 cm³/mol. The summed E-state index contributed by atoms with van der Waals surface area (Å²) in [5, 5.41) is 0. The Morgan fingerprint density at radius 1 is 0.882 bits per heavy atom. The lowest BCUT2D eigenvalue weighted by atomic mass is 10.1. The second-order valence-corrected chi connectivity index (χ2v) is 2.68. The number of benzene rings is 1. The fraction of sp³-hybridized carbons (Fsp3) is 0.333. The lowest BCUT2D eigenvalue weighted by Gasteiger charge is -2.08. The largest absolute Gasteiger partial charge is 0.435 e. The summed E-state index contributed by atoms with van der Waals surface area (Å²) < 4.78 is 63.9. The third kappa shape index (κ3) is 5.69. The highest BCUT2D eigenvalue weighted by atomic mass is 35.5. The van der Waals surface area contributed by atoms with Crippen molar-refractivity contribution in [3.8, 4) is 5.75 Å². The van der Waals surface area contributed by atoms with Gasteiger partial charge in [-0.2, -0.15) is 8.78 Å². The van der Waals surface area contributed by atoms with E-state index in [9.17, 15) is 22.0 Å². The highest BCUT2D eigenvalue weighted by molar-refractivity contribution is 5.85. The quantitative estimate of drug-likeness (QED) is 0.842. The highest BCUT2D eigenvalue weighted by Crippen LogP contribution is 2.26. The van der Waals surface area contributed by atoms with Gasteiger partial charge in [-0.3, -0.25) is 0 Å². The molecule has 0 aromatic heterocycles. The normalized spacial score (nSPS) is 11.7. The van der Waals surface area contributed by atoms with Crippen LogP contribution in [0.1, 0.15) is 11.7 Å². The zero-order valence-corrected chi connectivity index (χ0v) is 9.27. The van der Waals surface area contributed by atoms with E-state index >= 15 is 0 Å². The van der Waals surface area contributed by atoms with Crippen molar-refractivity contribution in [3.05, 3.63) is 29.8 Å². The van der Waals surface area contributed by atoms with Crippen LogP contribution in [0.3, 0.4) is 0 Å². The van der Waals surface area contributed by atoms with Crippen LogP contribution in [-0.2, 0) is 0 Å². The molecule has 0 aliphatic rings. The van der Waals surface area contributed by atoms with Crippen molar-refractivity contribution < 1.29 is 26.7 Å². The maximum atomic E-state index is 12.7. The number of hydrogen-bond donors (Lipinski definition) is 1. The lowest BCUT2D eigenvalue weighted by Crippen LogP contribution is -2.04. The first-order valence-corrected chi connectivity index (χ1v) is 3.97. The number of rotatable bonds is 4. The molecular weight excluding hydrogens is 269 g/mol.